The maximum Gasteiger partial charge on any atom is 0.259 e. The summed E-state index contributed by atoms with van der Waals surface area (Å²) in [7, 11) is 0. The quantitative estimate of drug-likeness (QED) is 0.861. The molecular formula is C18H24N6O. The molecule has 3 heterocycles. The Labute approximate surface area is 147 Å². The Balaban J connectivity index is 1.84. The van der Waals surface area contributed by atoms with Crippen molar-refractivity contribution in [2.75, 3.05) is 31.5 Å². The molecular weight excluding hydrogens is 316 g/mol. The fourth-order valence-corrected chi connectivity index (χ4v) is 2.69. The van der Waals surface area contributed by atoms with Gasteiger partial charge in [0.25, 0.3) is 5.91 Å². The molecule has 1 fully saturated rings. The van der Waals surface area contributed by atoms with E-state index in [1.165, 1.54) is 0 Å². The fraction of sp³-hybridized carbons (Fsp3) is 0.444. The molecule has 0 unspecified atom stereocenters. The number of rotatable bonds is 5. The molecule has 0 radical (unpaired) electrons. The van der Waals surface area contributed by atoms with Crippen LogP contribution in [0.25, 0.3) is 0 Å². The first-order valence-electron chi connectivity index (χ1n) is 8.65. The van der Waals surface area contributed by atoms with Crippen molar-refractivity contribution in [2.45, 2.75) is 26.3 Å². The van der Waals surface area contributed by atoms with Crippen molar-refractivity contribution in [1.29, 1.82) is 0 Å². The van der Waals surface area contributed by atoms with Gasteiger partial charge in [0, 0.05) is 57.2 Å². The fourth-order valence-electron chi connectivity index (χ4n) is 2.69. The van der Waals surface area contributed by atoms with Crippen LogP contribution in [-0.4, -0.2) is 51.9 Å². The van der Waals surface area contributed by atoms with Gasteiger partial charge < -0.3 is 15.5 Å². The van der Waals surface area contributed by atoms with E-state index in [4.69, 9.17) is 0 Å². The maximum atomic E-state index is 12.9. The van der Waals surface area contributed by atoms with Gasteiger partial charge in [-0.15, -0.1) is 0 Å². The van der Waals surface area contributed by atoms with Gasteiger partial charge in [0.15, 0.2) is 0 Å². The monoisotopic (exact) mass is 340 g/mol. The lowest BCUT2D eigenvalue weighted by Gasteiger charge is -2.28. The average molecular weight is 340 g/mol. The van der Waals surface area contributed by atoms with Gasteiger partial charge in [-0.05, 0) is 11.6 Å². The summed E-state index contributed by atoms with van der Waals surface area (Å²) in [5.41, 5.74) is 1.56. The number of pyridine rings is 1. The largest absolute Gasteiger partial charge is 0.365 e. The van der Waals surface area contributed by atoms with Gasteiger partial charge in [0.05, 0.1) is 0 Å². The third-order valence-electron chi connectivity index (χ3n) is 4.14. The number of carbonyl (C=O) groups is 1. The minimum absolute atomic E-state index is 0.0227. The van der Waals surface area contributed by atoms with Crippen molar-refractivity contribution < 1.29 is 4.79 Å². The molecule has 0 atom stereocenters. The predicted molar refractivity (Wildman–Crippen MR) is 96.5 cm³/mol. The van der Waals surface area contributed by atoms with Crippen LogP contribution >= 0.6 is 0 Å². The molecule has 0 bridgehead atoms. The van der Waals surface area contributed by atoms with E-state index in [0.717, 1.165) is 24.5 Å². The van der Waals surface area contributed by atoms with Crippen molar-refractivity contribution in [3.63, 3.8) is 0 Å². The number of amides is 1. The zero-order chi connectivity index (χ0) is 17.6. The summed E-state index contributed by atoms with van der Waals surface area (Å²) in [6.45, 7) is 7.67. The van der Waals surface area contributed by atoms with Crippen molar-refractivity contribution in [3.8, 4) is 0 Å². The molecule has 132 valence electrons. The average Bonchev–Trinajstić information content (AvgIpc) is 2.67. The van der Waals surface area contributed by atoms with Gasteiger partial charge in [-0.3, -0.25) is 9.78 Å². The number of hydrogen-bond acceptors (Lipinski definition) is 6. The van der Waals surface area contributed by atoms with Gasteiger partial charge in [-0.2, -0.15) is 0 Å². The second-order valence-electron chi connectivity index (χ2n) is 6.40. The van der Waals surface area contributed by atoms with Crippen molar-refractivity contribution >= 4 is 11.7 Å². The molecule has 1 aliphatic rings. The number of anilines is 1. The first-order chi connectivity index (χ1) is 12.1. The summed E-state index contributed by atoms with van der Waals surface area (Å²) in [6, 6.07) is 3.88. The minimum atomic E-state index is -0.0227. The Morgan fingerprint density at radius 1 is 1.32 bits per heavy atom. The van der Waals surface area contributed by atoms with Crippen molar-refractivity contribution in [3.05, 3.63) is 47.7 Å². The number of aromatic nitrogens is 3. The van der Waals surface area contributed by atoms with Crippen LogP contribution < -0.4 is 10.6 Å². The SMILES string of the molecule is CC(C)c1ncc(C(=O)N2CCNCC2)c(NCc2cccnc2)n1. The van der Waals surface area contributed by atoms with Crippen molar-refractivity contribution in [2.24, 2.45) is 0 Å². The topological polar surface area (TPSA) is 83.0 Å². The van der Waals surface area contributed by atoms with Gasteiger partial charge in [0.1, 0.15) is 17.2 Å². The third kappa shape index (κ3) is 4.30. The number of carbonyl (C=O) groups excluding carboxylic acids is 1. The van der Waals surface area contributed by atoms with E-state index < -0.39 is 0 Å². The highest BCUT2D eigenvalue weighted by Crippen LogP contribution is 2.19. The number of piperazine rings is 1. The summed E-state index contributed by atoms with van der Waals surface area (Å²) >= 11 is 0. The summed E-state index contributed by atoms with van der Waals surface area (Å²) in [4.78, 5) is 27.8. The van der Waals surface area contributed by atoms with Crippen LogP contribution in [0.4, 0.5) is 5.82 Å². The Kier molecular flexibility index (Phi) is 5.55. The standard InChI is InChI=1S/C18H24N6O/c1-13(2)16-22-12-15(18(25)24-8-6-19-7-9-24)17(23-16)21-11-14-4-3-5-20-10-14/h3-5,10,12-13,19H,6-9,11H2,1-2H3,(H,21,22,23). The predicted octanol–water partition coefficient (Wildman–Crippen LogP) is 1.65. The third-order valence-corrected chi connectivity index (χ3v) is 4.14. The normalized spacial score (nSPS) is 14.6. The molecule has 7 heteroatoms. The second kappa shape index (κ2) is 8.02. The molecule has 0 saturated carbocycles. The minimum Gasteiger partial charge on any atom is -0.365 e. The van der Waals surface area contributed by atoms with E-state index in [9.17, 15) is 4.79 Å². The molecule has 25 heavy (non-hydrogen) atoms. The van der Waals surface area contributed by atoms with Crippen LogP contribution in [0.5, 0.6) is 0 Å². The lowest BCUT2D eigenvalue weighted by Crippen LogP contribution is -2.46. The molecule has 0 aliphatic carbocycles. The smallest absolute Gasteiger partial charge is 0.259 e. The van der Waals surface area contributed by atoms with Gasteiger partial charge in [-0.1, -0.05) is 19.9 Å². The van der Waals surface area contributed by atoms with Crippen LogP contribution in [0, 0.1) is 0 Å². The highest BCUT2D eigenvalue weighted by atomic mass is 16.2. The molecule has 3 rings (SSSR count). The van der Waals surface area contributed by atoms with Gasteiger partial charge >= 0.3 is 0 Å². The number of nitrogens with one attached hydrogen (secondary N) is 2. The first kappa shape index (κ1) is 17.3. The Morgan fingerprint density at radius 2 is 2.12 bits per heavy atom. The molecule has 0 aromatic carbocycles. The molecule has 1 saturated heterocycles. The Morgan fingerprint density at radius 3 is 2.80 bits per heavy atom. The number of nitrogens with zero attached hydrogens (tertiary/aromatic N) is 4. The summed E-state index contributed by atoms with van der Waals surface area (Å²) in [5.74, 6) is 1.49. The van der Waals surface area contributed by atoms with Crippen LogP contribution in [0.3, 0.4) is 0 Å². The van der Waals surface area contributed by atoms with Crippen LogP contribution in [0.15, 0.2) is 30.7 Å². The molecule has 7 nitrogen and oxygen atoms in total. The Hall–Kier alpha value is -2.54. The van der Waals surface area contributed by atoms with Crippen LogP contribution in [0.1, 0.15) is 41.5 Å². The number of hydrogen-bond donors (Lipinski definition) is 2. The molecule has 2 aromatic rings. The lowest BCUT2D eigenvalue weighted by atomic mass is 10.2. The van der Waals surface area contributed by atoms with E-state index in [2.05, 4.69) is 25.6 Å². The first-order valence-corrected chi connectivity index (χ1v) is 8.65. The summed E-state index contributed by atoms with van der Waals surface area (Å²) in [6.07, 6.45) is 5.19. The summed E-state index contributed by atoms with van der Waals surface area (Å²) in [5, 5.41) is 6.55. The van der Waals surface area contributed by atoms with Crippen molar-refractivity contribution in [1.82, 2.24) is 25.2 Å². The van der Waals surface area contributed by atoms with E-state index >= 15 is 0 Å². The van der Waals surface area contributed by atoms with Crippen LogP contribution in [-0.2, 0) is 6.54 Å². The van der Waals surface area contributed by atoms with E-state index in [0.29, 0.717) is 31.0 Å². The van der Waals surface area contributed by atoms with E-state index in [-0.39, 0.29) is 11.8 Å². The zero-order valence-electron chi connectivity index (χ0n) is 14.7. The zero-order valence-corrected chi connectivity index (χ0v) is 14.7. The molecule has 2 N–H and O–H groups in total. The Bertz CT molecular complexity index is 713. The highest BCUT2D eigenvalue weighted by molar-refractivity contribution is 5.98. The lowest BCUT2D eigenvalue weighted by molar-refractivity contribution is 0.0736. The maximum absolute atomic E-state index is 12.9. The van der Waals surface area contributed by atoms with Gasteiger partial charge in [0.2, 0.25) is 0 Å². The van der Waals surface area contributed by atoms with E-state index in [1.807, 2.05) is 30.9 Å². The van der Waals surface area contributed by atoms with Gasteiger partial charge in [-0.25, -0.2) is 9.97 Å². The highest BCUT2D eigenvalue weighted by Gasteiger charge is 2.22. The molecule has 1 amide bonds. The molecule has 2 aromatic heterocycles. The molecule has 0 spiro atoms. The molecule has 1 aliphatic heterocycles. The second-order valence-corrected chi connectivity index (χ2v) is 6.40. The van der Waals surface area contributed by atoms with Crippen LogP contribution in [0.2, 0.25) is 0 Å². The summed E-state index contributed by atoms with van der Waals surface area (Å²) < 4.78 is 0. The van der Waals surface area contributed by atoms with E-state index in [1.54, 1.807) is 18.6 Å².